The molecular formula is C10H12N2O2S. The van der Waals surface area contributed by atoms with E-state index >= 15 is 0 Å². The fourth-order valence-electron chi connectivity index (χ4n) is 1.43. The summed E-state index contributed by atoms with van der Waals surface area (Å²) in [6, 6.07) is 0. The van der Waals surface area contributed by atoms with Crippen LogP contribution in [0.3, 0.4) is 0 Å². The summed E-state index contributed by atoms with van der Waals surface area (Å²) in [7, 11) is 0. The Morgan fingerprint density at radius 2 is 2.47 bits per heavy atom. The SMILES string of the molecule is CCOC(=O)Cc1csc2nc(C)cn12. The van der Waals surface area contributed by atoms with Gasteiger partial charge in [0.2, 0.25) is 0 Å². The van der Waals surface area contributed by atoms with E-state index in [0.29, 0.717) is 13.0 Å². The average molecular weight is 224 g/mol. The number of esters is 1. The third-order valence-corrected chi connectivity index (χ3v) is 2.92. The molecule has 0 saturated heterocycles. The first-order valence-corrected chi connectivity index (χ1v) is 5.66. The van der Waals surface area contributed by atoms with E-state index in [-0.39, 0.29) is 5.97 Å². The molecule has 5 heteroatoms. The van der Waals surface area contributed by atoms with Crippen molar-refractivity contribution in [3.8, 4) is 0 Å². The summed E-state index contributed by atoms with van der Waals surface area (Å²) in [6.07, 6.45) is 2.24. The molecule has 2 aromatic rings. The molecule has 0 aromatic carbocycles. The van der Waals surface area contributed by atoms with Crippen LogP contribution in [0, 0.1) is 6.92 Å². The van der Waals surface area contributed by atoms with E-state index in [4.69, 9.17) is 4.74 Å². The summed E-state index contributed by atoms with van der Waals surface area (Å²) in [5.41, 5.74) is 1.90. The molecule has 2 heterocycles. The topological polar surface area (TPSA) is 43.6 Å². The molecule has 2 aromatic heterocycles. The molecule has 0 N–H and O–H groups in total. The minimum atomic E-state index is -0.191. The number of thiazole rings is 1. The summed E-state index contributed by atoms with van der Waals surface area (Å²) in [5, 5.41) is 1.94. The standard InChI is InChI=1S/C10H12N2O2S/c1-3-14-9(13)4-8-6-15-10-11-7(2)5-12(8)10/h5-6H,3-4H2,1-2H3. The maximum Gasteiger partial charge on any atom is 0.311 e. The lowest BCUT2D eigenvalue weighted by molar-refractivity contribution is -0.142. The van der Waals surface area contributed by atoms with Crippen molar-refractivity contribution in [2.45, 2.75) is 20.3 Å². The van der Waals surface area contributed by atoms with Crippen molar-refractivity contribution < 1.29 is 9.53 Å². The van der Waals surface area contributed by atoms with Crippen LogP contribution in [0.1, 0.15) is 18.3 Å². The van der Waals surface area contributed by atoms with Crippen molar-refractivity contribution in [3.63, 3.8) is 0 Å². The zero-order valence-corrected chi connectivity index (χ0v) is 9.50. The van der Waals surface area contributed by atoms with Crippen LogP contribution in [0.2, 0.25) is 0 Å². The van der Waals surface area contributed by atoms with Gasteiger partial charge in [-0.05, 0) is 13.8 Å². The Labute approximate surface area is 91.5 Å². The van der Waals surface area contributed by atoms with Gasteiger partial charge in [-0.25, -0.2) is 4.98 Å². The highest BCUT2D eigenvalue weighted by Gasteiger charge is 2.10. The van der Waals surface area contributed by atoms with E-state index in [2.05, 4.69) is 4.98 Å². The number of hydrogen-bond acceptors (Lipinski definition) is 4. The number of carbonyl (C=O) groups excluding carboxylic acids is 1. The Morgan fingerprint density at radius 1 is 1.67 bits per heavy atom. The summed E-state index contributed by atoms with van der Waals surface area (Å²) in [4.78, 5) is 16.5. The second-order valence-corrected chi connectivity index (χ2v) is 4.08. The van der Waals surface area contributed by atoms with E-state index < -0.39 is 0 Å². The molecule has 15 heavy (non-hydrogen) atoms. The molecule has 0 fully saturated rings. The van der Waals surface area contributed by atoms with Crippen LogP contribution in [0.4, 0.5) is 0 Å². The monoisotopic (exact) mass is 224 g/mol. The molecular weight excluding hydrogens is 212 g/mol. The smallest absolute Gasteiger partial charge is 0.311 e. The van der Waals surface area contributed by atoms with Crippen LogP contribution >= 0.6 is 11.3 Å². The number of nitrogens with zero attached hydrogens (tertiary/aromatic N) is 2. The molecule has 0 saturated carbocycles. The number of hydrogen-bond donors (Lipinski definition) is 0. The van der Waals surface area contributed by atoms with Crippen molar-refractivity contribution in [1.82, 2.24) is 9.38 Å². The first-order chi connectivity index (χ1) is 7.20. The van der Waals surface area contributed by atoms with E-state index in [1.165, 1.54) is 11.3 Å². The Hall–Kier alpha value is -1.36. The molecule has 0 spiro atoms. The van der Waals surface area contributed by atoms with Crippen LogP contribution < -0.4 is 0 Å². The lowest BCUT2D eigenvalue weighted by atomic mass is 10.3. The number of aromatic nitrogens is 2. The fraction of sp³-hybridized carbons (Fsp3) is 0.400. The molecule has 0 aliphatic rings. The van der Waals surface area contributed by atoms with Crippen LogP contribution in [-0.2, 0) is 16.0 Å². The van der Waals surface area contributed by atoms with Crippen LogP contribution in [0.25, 0.3) is 4.96 Å². The van der Waals surface area contributed by atoms with E-state index in [0.717, 1.165) is 16.3 Å². The highest BCUT2D eigenvalue weighted by Crippen LogP contribution is 2.17. The van der Waals surface area contributed by atoms with Gasteiger partial charge in [0.1, 0.15) is 0 Å². The first-order valence-electron chi connectivity index (χ1n) is 4.78. The van der Waals surface area contributed by atoms with Gasteiger partial charge < -0.3 is 4.74 Å². The molecule has 0 amide bonds. The quantitative estimate of drug-likeness (QED) is 0.747. The van der Waals surface area contributed by atoms with Gasteiger partial charge >= 0.3 is 5.97 Å². The van der Waals surface area contributed by atoms with E-state index in [1.807, 2.05) is 29.8 Å². The number of aryl methyl sites for hydroxylation is 1. The van der Waals surface area contributed by atoms with Crippen LogP contribution in [0.15, 0.2) is 11.6 Å². The highest BCUT2D eigenvalue weighted by molar-refractivity contribution is 7.15. The summed E-state index contributed by atoms with van der Waals surface area (Å²) >= 11 is 1.54. The van der Waals surface area contributed by atoms with Gasteiger partial charge in [0, 0.05) is 17.3 Å². The maximum atomic E-state index is 11.3. The zero-order valence-electron chi connectivity index (χ0n) is 8.69. The number of carbonyl (C=O) groups is 1. The molecule has 2 rings (SSSR count). The van der Waals surface area contributed by atoms with E-state index in [9.17, 15) is 4.79 Å². The van der Waals surface area contributed by atoms with Gasteiger partial charge in [0.25, 0.3) is 0 Å². The highest BCUT2D eigenvalue weighted by atomic mass is 32.1. The van der Waals surface area contributed by atoms with Crippen molar-refractivity contribution in [2.24, 2.45) is 0 Å². The summed E-state index contributed by atoms with van der Waals surface area (Å²) in [6.45, 7) is 4.17. The molecule has 0 unspecified atom stereocenters. The van der Waals surface area contributed by atoms with Gasteiger partial charge in [-0.2, -0.15) is 0 Å². The Morgan fingerprint density at radius 3 is 3.20 bits per heavy atom. The van der Waals surface area contributed by atoms with Crippen molar-refractivity contribution >= 4 is 22.3 Å². The Kier molecular flexibility index (Phi) is 2.73. The van der Waals surface area contributed by atoms with Crippen LogP contribution in [-0.4, -0.2) is 22.0 Å². The van der Waals surface area contributed by atoms with Crippen LogP contribution in [0.5, 0.6) is 0 Å². The van der Waals surface area contributed by atoms with Gasteiger partial charge in [-0.1, -0.05) is 0 Å². The molecule has 0 aliphatic carbocycles. The molecule has 0 atom stereocenters. The molecule has 4 nitrogen and oxygen atoms in total. The Balaban J connectivity index is 2.24. The predicted molar refractivity (Wildman–Crippen MR) is 58.1 cm³/mol. The largest absolute Gasteiger partial charge is 0.466 e. The van der Waals surface area contributed by atoms with E-state index in [1.54, 1.807) is 0 Å². The molecule has 0 radical (unpaired) electrons. The third-order valence-electron chi connectivity index (χ3n) is 2.03. The average Bonchev–Trinajstić information content (AvgIpc) is 2.67. The lowest BCUT2D eigenvalue weighted by Gasteiger charge is -1.99. The number of ether oxygens (including phenoxy) is 1. The van der Waals surface area contributed by atoms with Crippen molar-refractivity contribution in [1.29, 1.82) is 0 Å². The second kappa shape index (κ2) is 4.02. The predicted octanol–water partition coefficient (Wildman–Crippen LogP) is 1.81. The second-order valence-electron chi connectivity index (χ2n) is 3.24. The lowest BCUT2D eigenvalue weighted by Crippen LogP contribution is -2.08. The van der Waals surface area contributed by atoms with Gasteiger partial charge in [-0.3, -0.25) is 9.20 Å². The maximum absolute atomic E-state index is 11.3. The molecule has 80 valence electrons. The minimum absolute atomic E-state index is 0.191. The molecule has 0 bridgehead atoms. The van der Waals surface area contributed by atoms with Crippen molar-refractivity contribution in [3.05, 3.63) is 23.0 Å². The normalized spacial score (nSPS) is 10.8. The first kappa shape index (κ1) is 10.2. The summed E-state index contributed by atoms with van der Waals surface area (Å²) < 4.78 is 6.84. The fourth-order valence-corrected chi connectivity index (χ4v) is 2.35. The number of imidazole rings is 1. The molecule has 0 aliphatic heterocycles. The number of rotatable bonds is 3. The zero-order chi connectivity index (χ0) is 10.8. The van der Waals surface area contributed by atoms with Gasteiger partial charge in [0.05, 0.1) is 18.7 Å². The van der Waals surface area contributed by atoms with Crippen molar-refractivity contribution in [2.75, 3.05) is 6.61 Å². The van der Waals surface area contributed by atoms with Gasteiger partial charge in [-0.15, -0.1) is 11.3 Å². The Bertz CT molecular complexity index is 487. The number of fused-ring (bicyclic) bond motifs is 1. The summed E-state index contributed by atoms with van der Waals surface area (Å²) in [5.74, 6) is -0.191. The third kappa shape index (κ3) is 2.02. The van der Waals surface area contributed by atoms with Gasteiger partial charge in [0.15, 0.2) is 4.96 Å². The minimum Gasteiger partial charge on any atom is -0.466 e.